The van der Waals surface area contributed by atoms with Gasteiger partial charge < -0.3 is 0 Å². The third-order valence-corrected chi connectivity index (χ3v) is 6.65. The minimum atomic E-state index is -3.91. The second-order valence-electron chi connectivity index (χ2n) is 5.48. The van der Waals surface area contributed by atoms with Crippen LogP contribution in [0.15, 0.2) is 62.8 Å². The summed E-state index contributed by atoms with van der Waals surface area (Å²) in [7, 11) is -3.91. The molecule has 0 spiro atoms. The van der Waals surface area contributed by atoms with E-state index in [4.69, 9.17) is 12.2 Å². The van der Waals surface area contributed by atoms with Crippen LogP contribution in [0.25, 0.3) is 6.08 Å². The van der Waals surface area contributed by atoms with Gasteiger partial charge in [0.25, 0.3) is 15.9 Å². The molecular formula is C17H13BrN2O3S3. The third kappa shape index (κ3) is 4.24. The molecule has 1 aliphatic rings. The highest BCUT2D eigenvalue weighted by atomic mass is 79.9. The van der Waals surface area contributed by atoms with Gasteiger partial charge in [0, 0.05) is 4.47 Å². The number of rotatable bonds is 4. The molecule has 1 N–H and O–H groups in total. The van der Waals surface area contributed by atoms with Crippen LogP contribution < -0.4 is 4.83 Å². The van der Waals surface area contributed by atoms with E-state index in [9.17, 15) is 13.2 Å². The summed E-state index contributed by atoms with van der Waals surface area (Å²) in [4.78, 5) is 15.2. The second kappa shape index (κ2) is 7.61. The molecule has 1 amide bonds. The van der Waals surface area contributed by atoms with E-state index in [1.54, 1.807) is 18.2 Å². The van der Waals surface area contributed by atoms with Crippen LogP contribution >= 0.6 is 39.9 Å². The number of amides is 1. The number of carbonyl (C=O) groups excluding carboxylic acids is 1. The van der Waals surface area contributed by atoms with E-state index in [1.807, 2.05) is 31.2 Å². The lowest BCUT2D eigenvalue weighted by Crippen LogP contribution is -2.44. The van der Waals surface area contributed by atoms with Gasteiger partial charge in [-0.25, -0.2) is 13.4 Å². The molecule has 2 aromatic carbocycles. The molecule has 1 saturated heterocycles. The van der Waals surface area contributed by atoms with Crippen molar-refractivity contribution in [2.75, 3.05) is 0 Å². The summed E-state index contributed by atoms with van der Waals surface area (Å²) in [5.74, 6) is -0.501. The van der Waals surface area contributed by atoms with Gasteiger partial charge in [-0.3, -0.25) is 4.79 Å². The van der Waals surface area contributed by atoms with E-state index >= 15 is 0 Å². The number of benzene rings is 2. The minimum Gasteiger partial charge on any atom is -0.267 e. The SMILES string of the molecule is Cc1ccc(S(=O)(=O)NN2C(=O)/C(=C\c3ccc(Br)cc3)SC2=S)cc1. The largest absolute Gasteiger partial charge is 0.281 e. The fourth-order valence-electron chi connectivity index (χ4n) is 2.15. The van der Waals surface area contributed by atoms with Crippen molar-refractivity contribution >= 4 is 66.2 Å². The molecule has 1 heterocycles. The van der Waals surface area contributed by atoms with E-state index in [2.05, 4.69) is 20.8 Å². The van der Waals surface area contributed by atoms with Crippen LogP contribution in [0, 0.1) is 6.92 Å². The average Bonchev–Trinajstić information content (AvgIpc) is 2.84. The van der Waals surface area contributed by atoms with Crippen LogP contribution in [0.4, 0.5) is 0 Å². The number of hydrogen-bond acceptors (Lipinski definition) is 5. The number of hydrazine groups is 1. The first-order chi connectivity index (χ1) is 12.3. The summed E-state index contributed by atoms with van der Waals surface area (Å²) >= 11 is 9.56. The molecule has 0 radical (unpaired) electrons. The van der Waals surface area contributed by atoms with Crippen molar-refractivity contribution in [3.63, 3.8) is 0 Å². The smallest absolute Gasteiger partial charge is 0.267 e. The van der Waals surface area contributed by atoms with Crippen LogP contribution in [0.3, 0.4) is 0 Å². The number of nitrogens with one attached hydrogen (secondary N) is 1. The molecular weight excluding hydrogens is 456 g/mol. The number of sulfonamides is 1. The lowest BCUT2D eigenvalue weighted by Gasteiger charge is -2.16. The highest BCUT2D eigenvalue weighted by Gasteiger charge is 2.35. The first kappa shape index (κ1) is 19.2. The second-order valence-corrected chi connectivity index (χ2v) is 9.73. The Kier molecular flexibility index (Phi) is 5.64. The monoisotopic (exact) mass is 468 g/mol. The maximum atomic E-state index is 12.6. The van der Waals surface area contributed by atoms with Gasteiger partial charge >= 0.3 is 0 Å². The molecule has 0 saturated carbocycles. The van der Waals surface area contributed by atoms with Crippen molar-refractivity contribution < 1.29 is 13.2 Å². The molecule has 134 valence electrons. The molecule has 5 nitrogen and oxygen atoms in total. The molecule has 1 fully saturated rings. The number of nitrogens with zero attached hydrogens (tertiary/aromatic N) is 1. The summed E-state index contributed by atoms with van der Waals surface area (Å²) < 4.78 is 26.0. The van der Waals surface area contributed by atoms with Crippen molar-refractivity contribution in [1.82, 2.24) is 9.84 Å². The van der Waals surface area contributed by atoms with Gasteiger partial charge in [0.2, 0.25) is 0 Å². The maximum Gasteiger partial charge on any atom is 0.281 e. The average molecular weight is 469 g/mol. The van der Waals surface area contributed by atoms with Gasteiger partial charge in [-0.15, -0.1) is 4.83 Å². The number of thioether (sulfide) groups is 1. The maximum absolute atomic E-state index is 12.6. The van der Waals surface area contributed by atoms with Crippen LogP contribution in [-0.4, -0.2) is 23.7 Å². The molecule has 26 heavy (non-hydrogen) atoms. The standard InChI is InChI=1S/C17H13BrN2O3S3/c1-11-2-8-14(9-3-11)26(22,23)19-20-16(21)15(25-17(20)24)10-12-4-6-13(18)7-5-12/h2-10,19H,1H3/b15-10+. The zero-order valence-electron chi connectivity index (χ0n) is 13.5. The molecule has 2 aromatic rings. The first-order valence-electron chi connectivity index (χ1n) is 7.39. The Bertz CT molecular complexity index is 1000. The van der Waals surface area contributed by atoms with E-state index in [0.29, 0.717) is 4.91 Å². The number of hydrogen-bond donors (Lipinski definition) is 1. The fourth-order valence-corrected chi connectivity index (χ4v) is 4.72. The third-order valence-electron chi connectivity index (χ3n) is 3.50. The Morgan fingerprint density at radius 2 is 1.73 bits per heavy atom. The summed E-state index contributed by atoms with van der Waals surface area (Å²) in [5.41, 5.74) is 1.75. The number of carbonyl (C=O) groups is 1. The molecule has 3 rings (SSSR count). The Balaban J connectivity index is 1.83. The Labute approximate surface area is 169 Å². The summed E-state index contributed by atoms with van der Waals surface area (Å²) in [6.45, 7) is 1.86. The first-order valence-corrected chi connectivity index (χ1v) is 10.9. The zero-order chi connectivity index (χ0) is 18.9. The Morgan fingerprint density at radius 1 is 1.12 bits per heavy atom. The van der Waals surface area contributed by atoms with E-state index in [0.717, 1.165) is 32.4 Å². The Morgan fingerprint density at radius 3 is 2.35 bits per heavy atom. The van der Waals surface area contributed by atoms with Gasteiger partial charge in [0.15, 0.2) is 4.32 Å². The quantitative estimate of drug-likeness (QED) is 0.545. The van der Waals surface area contributed by atoms with Crippen molar-refractivity contribution in [1.29, 1.82) is 0 Å². The number of thiocarbonyl (C=S) groups is 1. The minimum absolute atomic E-state index is 0.0639. The van der Waals surface area contributed by atoms with Crippen LogP contribution in [0.5, 0.6) is 0 Å². The molecule has 1 aliphatic heterocycles. The van der Waals surface area contributed by atoms with Crippen molar-refractivity contribution in [2.45, 2.75) is 11.8 Å². The topological polar surface area (TPSA) is 66.5 Å². The van der Waals surface area contributed by atoms with Gasteiger partial charge in [-0.2, -0.15) is 0 Å². The summed E-state index contributed by atoms with van der Waals surface area (Å²) in [6.07, 6.45) is 1.67. The summed E-state index contributed by atoms with van der Waals surface area (Å²) in [5, 5.41) is 0.889. The highest BCUT2D eigenvalue weighted by Crippen LogP contribution is 2.32. The molecule has 0 atom stereocenters. The molecule has 0 unspecified atom stereocenters. The molecule has 0 aliphatic carbocycles. The van der Waals surface area contributed by atoms with Gasteiger partial charge in [0.1, 0.15) is 0 Å². The Hall–Kier alpha value is -1.52. The van der Waals surface area contributed by atoms with Gasteiger partial charge in [-0.05, 0) is 42.8 Å². The van der Waals surface area contributed by atoms with E-state index in [1.165, 1.54) is 12.1 Å². The predicted octanol–water partition coefficient (Wildman–Crippen LogP) is 3.85. The lowest BCUT2D eigenvalue weighted by atomic mass is 10.2. The molecule has 9 heteroatoms. The highest BCUT2D eigenvalue weighted by molar-refractivity contribution is 9.10. The van der Waals surface area contributed by atoms with Crippen LogP contribution in [0.1, 0.15) is 11.1 Å². The number of aryl methyl sites for hydroxylation is 1. The van der Waals surface area contributed by atoms with Crippen molar-refractivity contribution in [2.24, 2.45) is 0 Å². The van der Waals surface area contributed by atoms with Crippen molar-refractivity contribution in [3.8, 4) is 0 Å². The predicted molar refractivity (Wildman–Crippen MR) is 111 cm³/mol. The van der Waals surface area contributed by atoms with Gasteiger partial charge in [0.05, 0.1) is 9.80 Å². The fraction of sp³-hybridized carbons (Fsp3) is 0.0588. The van der Waals surface area contributed by atoms with Crippen LogP contribution in [-0.2, 0) is 14.8 Å². The van der Waals surface area contributed by atoms with Gasteiger partial charge in [-0.1, -0.05) is 69.7 Å². The zero-order valence-corrected chi connectivity index (χ0v) is 17.5. The summed E-state index contributed by atoms with van der Waals surface area (Å²) in [6, 6.07) is 13.7. The molecule has 0 bridgehead atoms. The normalized spacial score (nSPS) is 16.5. The van der Waals surface area contributed by atoms with E-state index < -0.39 is 15.9 Å². The van der Waals surface area contributed by atoms with Crippen molar-refractivity contribution in [3.05, 3.63) is 69.0 Å². The number of halogens is 1. The van der Waals surface area contributed by atoms with E-state index in [-0.39, 0.29) is 9.22 Å². The van der Waals surface area contributed by atoms with Crippen LogP contribution in [0.2, 0.25) is 0 Å². The lowest BCUT2D eigenvalue weighted by molar-refractivity contribution is -0.123. The molecule has 0 aromatic heterocycles.